The lowest BCUT2D eigenvalue weighted by Gasteiger charge is -2.10. The first-order chi connectivity index (χ1) is 11.8. The molecule has 0 fully saturated rings. The van der Waals surface area contributed by atoms with E-state index in [2.05, 4.69) is 15.3 Å². The van der Waals surface area contributed by atoms with Crippen molar-refractivity contribution >= 4 is 17.8 Å². The molecule has 1 aromatic heterocycles. The number of nitrogens with zero attached hydrogens (tertiary/aromatic N) is 4. The molecule has 0 bridgehead atoms. The minimum Gasteiger partial charge on any atom is -0.490 e. The van der Waals surface area contributed by atoms with Crippen molar-refractivity contribution in [3.8, 4) is 11.5 Å². The highest BCUT2D eigenvalue weighted by atomic mass is 35.5. The zero-order valence-corrected chi connectivity index (χ0v) is 13.5. The van der Waals surface area contributed by atoms with Gasteiger partial charge in [-0.1, -0.05) is 29.8 Å². The summed E-state index contributed by atoms with van der Waals surface area (Å²) in [5.74, 6) is 1.49. The maximum atomic E-state index is 6.05. The van der Waals surface area contributed by atoms with Gasteiger partial charge in [-0.05, 0) is 30.3 Å². The van der Waals surface area contributed by atoms with E-state index in [1.165, 1.54) is 17.3 Å². The maximum absolute atomic E-state index is 6.05. The molecule has 0 unspecified atom stereocenters. The lowest BCUT2D eigenvalue weighted by molar-refractivity contribution is 0.217. The van der Waals surface area contributed by atoms with Crippen LogP contribution >= 0.6 is 11.6 Å². The second-order valence-electron chi connectivity index (χ2n) is 4.78. The van der Waals surface area contributed by atoms with E-state index in [4.69, 9.17) is 21.1 Å². The third-order valence-electron chi connectivity index (χ3n) is 3.06. The summed E-state index contributed by atoms with van der Waals surface area (Å²) < 4.78 is 12.9. The fraction of sp³-hybridized carbons (Fsp3) is 0.118. The van der Waals surface area contributed by atoms with Crippen LogP contribution in [0.1, 0.15) is 5.56 Å². The summed E-state index contributed by atoms with van der Waals surface area (Å²) in [7, 11) is 0. The second kappa shape index (κ2) is 8.12. The molecule has 0 aliphatic heterocycles. The van der Waals surface area contributed by atoms with Crippen LogP contribution in [0, 0.1) is 0 Å². The third-order valence-corrected chi connectivity index (χ3v) is 3.30. The molecule has 3 aromatic rings. The molecule has 0 radical (unpaired) electrons. The summed E-state index contributed by atoms with van der Waals surface area (Å²) in [6.07, 6.45) is 4.63. The van der Waals surface area contributed by atoms with Crippen LogP contribution in [-0.4, -0.2) is 34.3 Å². The van der Waals surface area contributed by atoms with Crippen LogP contribution in [0.3, 0.4) is 0 Å². The van der Waals surface area contributed by atoms with E-state index in [0.29, 0.717) is 24.0 Å². The Morgan fingerprint density at radius 2 is 1.75 bits per heavy atom. The predicted octanol–water partition coefficient (Wildman–Crippen LogP) is 3.27. The Kier molecular flexibility index (Phi) is 5.42. The van der Waals surface area contributed by atoms with Gasteiger partial charge < -0.3 is 9.47 Å². The molecule has 122 valence electrons. The summed E-state index contributed by atoms with van der Waals surface area (Å²) in [5, 5.41) is 12.2. The molecule has 0 N–H and O–H groups in total. The normalized spacial score (nSPS) is 10.9. The van der Waals surface area contributed by atoms with Gasteiger partial charge in [0, 0.05) is 10.6 Å². The number of ether oxygens (including phenoxy) is 2. The van der Waals surface area contributed by atoms with Crippen LogP contribution < -0.4 is 9.47 Å². The van der Waals surface area contributed by atoms with Gasteiger partial charge in [0.2, 0.25) is 0 Å². The number of hydrogen-bond donors (Lipinski definition) is 0. The topological polar surface area (TPSA) is 61.5 Å². The van der Waals surface area contributed by atoms with Gasteiger partial charge in [-0.3, -0.25) is 0 Å². The summed E-state index contributed by atoms with van der Waals surface area (Å²) in [5.41, 5.74) is 0.760. The van der Waals surface area contributed by atoms with Crippen LogP contribution in [0.5, 0.6) is 11.5 Å². The molecule has 24 heavy (non-hydrogen) atoms. The molecule has 0 saturated heterocycles. The standard InChI is InChI=1S/C17H15ClN4O2/c18-15-6-7-17(14(10-15)11-21-22-12-19-20-13-22)24-9-8-23-16-4-2-1-3-5-16/h1-7,10-13H,8-9H2/b21-11+. The van der Waals surface area contributed by atoms with Crippen molar-refractivity contribution in [1.82, 2.24) is 14.9 Å². The SMILES string of the molecule is Clc1ccc(OCCOc2ccccc2)c(/C=N/n2cnnc2)c1. The number of halogens is 1. The number of aromatic nitrogens is 3. The van der Waals surface area contributed by atoms with Gasteiger partial charge in [-0.2, -0.15) is 5.10 Å². The number of para-hydroxylation sites is 1. The van der Waals surface area contributed by atoms with Gasteiger partial charge in [0.25, 0.3) is 0 Å². The molecular weight excluding hydrogens is 328 g/mol. The summed E-state index contributed by atoms with van der Waals surface area (Å²) in [6, 6.07) is 15.0. The summed E-state index contributed by atoms with van der Waals surface area (Å²) >= 11 is 6.05. The highest BCUT2D eigenvalue weighted by Gasteiger charge is 2.03. The van der Waals surface area contributed by atoms with Crippen molar-refractivity contribution in [2.24, 2.45) is 5.10 Å². The Balaban J connectivity index is 1.60. The van der Waals surface area contributed by atoms with Crippen molar-refractivity contribution in [1.29, 1.82) is 0 Å². The molecule has 3 rings (SSSR count). The second-order valence-corrected chi connectivity index (χ2v) is 5.22. The zero-order valence-electron chi connectivity index (χ0n) is 12.7. The average Bonchev–Trinajstić information content (AvgIpc) is 3.13. The molecule has 0 aliphatic carbocycles. The van der Waals surface area contributed by atoms with Gasteiger partial charge >= 0.3 is 0 Å². The monoisotopic (exact) mass is 342 g/mol. The third kappa shape index (κ3) is 4.57. The van der Waals surface area contributed by atoms with Crippen LogP contribution in [0.2, 0.25) is 5.02 Å². The number of hydrogen-bond acceptors (Lipinski definition) is 5. The Morgan fingerprint density at radius 3 is 2.54 bits per heavy atom. The smallest absolute Gasteiger partial charge is 0.141 e. The van der Waals surface area contributed by atoms with E-state index in [-0.39, 0.29) is 0 Å². The first kappa shape index (κ1) is 16.0. The van der Waals surface area contributed by atoms with Crippen LogP contribution in [0.25, 0.3) is 0 Å². The Hall–Kier alpha value is -2.86. The highest BCUT2D eigenvalue weighted by Crippen LogP contribution is 2.21. The number of rotatable bonds is 7. The van der Waals surface area contributed by atoms with Crippen LogP contribution in [0.15, 0.2) is 66.3 Å². The van der Waals surface area contributed by atoms with Crippen molar-refractivity contribution < 1.29 is 9.47 Å². The largest absolute Gasteiger partial charge is 0.490 e. The fourth-order valence-corrected chi connectivity index (χ4v) is 2.14. The molecule has 6 nitrogen and oxygen atoms in total. The molecule has 1 heterocycles. The molecule has 0 atom stereocenters. The van der Waals surface area contributed by atoms with Gasteiger partial charge in [-0.25, -0.2) is 4.68 Å². The molecule has 7 heteroatoms. The summed E-state index contributed by atoms with van der Waals surface area (Å²) in [4.78, 5) is 0. The minimum absolute atomic E-state index is 0.407. The Labute approximate surface area is 144 Å². The predicted molar refractivity (Wildman–Crippen MR) is 91.9 cm³/mol. The first-order valence-electron chi connectivity index (χ1n) is 7.30. The minimum atomic E-state index is 0.407. The quantitative estimate of drug-likeness (QED) is 0.488. The van der Waals surface area contributed by atoms with E-state index < -0.39 is 0 Å². The Bertz CT molecular complexity index is 792. The highest BCUT2D eigenvalue weighted by molar-refractivity contribution is 6.30. The Morgan fingerprint density at radius 1 is 1.00 bits per heavy atom. The van der Waals surface area contributed by atoms with Gasteiger partial charge in [0.1, 0.15) is 37.4 Å². The first-order valence-corrected chi connectivity index (χ1v) is 7.68. The van der Waals surface area contributed by atoms with Crippen molar-refractivity contribution in [2.75, 3.05) is 13.2 Å². The van der Waals surface area contributed by atoms with E-state index in [1.54, 1.807) is 24.4 Å². The van der Waals surface area contributed by atoms with Gasteiger partial charge in [0.15, 0.2) is 0 Å². The molecule has 0 saturated carbocycles. The molecule has 0 aliphatic rings. The lowest BCUT2D eigenvalue weighted by Crippen LogP contribution is -2.10. The average molecular weight is 343 g/mol. The van der Waals surface area contributed by atoms with Crippen LogP contribution in [0.4, 0.5) is 0 Å². The van der Waals surface area contributed by atoms with E-state index >= 15 is 0 Å². The molecule has 0 amide bonds. The molecule has 0 spiro atoms. The van der Waals surface area contributed by atoms with E-state index in [9.17, 15) is 0 Å². The molecule has 2 aromatic carbocycles. The van der Waals surface area contributed by atoms with Gasteiger partial charge in [0.05, 0.1) is 6.21 Å². The van der Waals surface area contributed by atoms with E-state index in [0.717, 1.165) is 11.3 Å². The molecular formula is C17H15ClN4O2. The van der Waals surface area contributed by atoms with Gasteiger partial charge in [-0.15, -0.1) is 10.2 Å². The zero-order chi connectivity index (χ0) is 16.6. The summed E-state index contributed by atoms with van der Waals surface area (Å²) in [6.45, 7) is 0.846. The number of benzene rings is 2. The van der Waals surface area contributed by atoms with Crippen molar-refractivity contribution in [3.05, 3.63) is 71.8 Å². The van der Waals surface area contributed by atoms with E-state index in [1.807, 2.05) is 30.3 Å². The van der Waals surface area contributed by atoms with Crippen LogP contribution in [-0.2, 0) is 0 Å². The lowest BCUT2D eigenvalue weighted by atomic mass is 10.2. The van der Waals surface area contributed by atoms with Crippen molar-refractivity contribution in [3.63, 3.8) is 0 Å². The fourth-order valence-electron chi connectivity index (χ4n) is 1.96. The maximum Gasteiger partial charge on any atom is 0.141 e. The van der Waals surface area contributed by atoms with Crippen molar-refractivity contribution in [2.45, 2.75) is 0 Å².